The van der Waals surface area contributed by atoms with Gasteiger partial charge >= 0.3 is 12.2 Å². The Labute approximate surface area is 306 Å². The van der Waals surface area contributed by atoms with Crippen LogP contribution in [0.4, 0.5) is 23.4 Å². The van der Waals surface area contributed by atoms with Crippen molar-refractivity contribution in [2.45, 2.75) is 63.6 Å². The average molecular weight is 749 g/mol. The number of aromatic amines is 1. The first-order valence-electron chi connectivity index (χ1n) is 18.1. The van der Waals surface area contributed by atoms with E-state index in [1.54, 1.807) is 43.5 Å². The zero-order valence-electron chi connectivity index (χ0n) is 30.6. The summed E-state index contributed by atoms with van der Waals surface area (Å²) in [7, 11) is 6.81. The number of benzene rings is 1. The highest BCUT2D eigenvalue weighted by molar-refractivity contribution is 6.15. The third-order valence-corrected chi connectivity index (χ3v) is 11.4. The summed E-state index contributed by atoms with van der Waals surface area (Å²) in [5.74, 6) is 0.299. The molecule has 284 valence electrons. The van der Waals surface area contributed by atoms with E-state index in [1.807, 2.05) is 4.68 Å². The zero-order valence-corrected chi connectivity index (χ0v) is 30.6. The van der Waals surface area contributed by atoms with Gasteiger partial charge in [0, 0.05) is 65.2 Å². The van der Waals surface area contributed by atoms with E-state index >= 15 is 0 Å². The molecule has 2 atom stereocenters. The number of halogens is 4. The molecule has 2 saturated heterocycles. The number of carbonyl (C=O) groups excluding carboxylic acids is 1. The van der Waals surface area contributed by atoms with Gasteiger partial charge in [0.15, 0.2) is 11.3 Å². The Morgan fingerprint density at radius 3 is 2.69 bits per heavy atom. The summed E-state index contributed by atoms with van der Waals surface area (Å²) in [6, 6.07) is 3.32. The highest BCUT2D eigenvalue weighted by Crippen LogP contribution is 2.47. The first kappa shape index (κ1) is 34.5. The van der Waals surface area contributed by atoms with Gasteiger partial charge in [0.1, 0.15) is 24.3 Å². The molecule has 0 bridgehead atoms. The highest BCUT2D eigenvalue weighted by Gasteiger charge is 2.49. The molecule has 8 heterocycles. The Hall–Kier alpha value is -5.26. The van der Waals surface area contributed by atoms with Gasteiger partial charge < -0.3 is 19.1 Å². The van der Waals surface area contributed by atoms with Crippen molar-refractivity contribution in [2.24, 2.45) is 14.1 Å². The SMILES string of the molecule is Cc1cc2[nH]ncc2c(-c2nn(C)c3c4c(N5CCCn6nc(C(=O)N(C)C)cc6C5)nc(OC[C@@]56CCCN5C[C@H](F)C6)nc4n(C)c23)c1C(F)(F)F. The van der Waals surface area contributed by atoms with Crippen LogP contribution >= 0.6 is 0 Å². The zero-order chi connectivity index (χ0) is 37.8. The third kappa shape index (κ3) is 5.23. The van der Waals surface area contributed by atoms with Crippen molar-refractivity contribution in [3.8, 4) is 17.3 Å². The van der Waals surface area contributed by atoms with Crippen LogP contribution < -0.4 is 9.64 Å². The quantitative estimate of drug-likeness (QED) is 0.234. The van der Waals surface area contributed by atoms with Crippen molar-refractivity contribution in [3.05, 3.63) is 40.8 Å². The number of anilines is 1. The lowest BCUT2D eigenvalue weighted by Crippen LogP contribution is -2.43. The van der Waals surface area contributed by atoms with Gasteiger partial charge in [0.2, 0.25) is 0 Å². The highest BCUT2D eigenvalue weighted by atomic mass is 19.4. The summed E-state index contributed by atoms with van der Waals surface area (Å²) in [4.78, 5) is 28.5. The molecule has 14 nitrogen and oxygen atoms in total. The number of H-pyrrole nitrogens is 1. The molecule has 1 aromatic carbocycles. The summed E-state index contributed by atoms with van der Waals surface area (Å²) in [6.07, 6.45) is -1.43. The molecular formula is C36H40F4N12O2. The maximum absolute atomic E-state index is 14.9. The Morgan fingerprint density at radius 2 is 1.91 bits per heavy atom. The van der Waals surface area contributed by atoms with Gasteiger partial charge in [-0.2, -0.15) is 38.4 Å². The van der Waals surface area contributed by atoms with Gasteiger partial charge in [-0.3, -0.25) is 24.2 Å². The van der Waals surface area contributed by atoms with Crippen LogP contribution in [-0.2, 0) is 33.4 Å². The number of hydrogen-bond acceptors (Lipinski definition) is 9. The number of nitrogens with one attached hydrogen (secondary N) is 1. The molecule has 9 rings (SSSR count). The molecule has 2 fully saturated rings. The minimum absolute atomic E-state index is 0.0408. The molecular weight excluding hydrogens is 708 g/mol. The standard InChI is InChI=1S/C36H40F4N12O2/c1-19-12-23-22(15-41-44-23)25(27(19)36(38,39)40)28-30-29(49(5)46-28)26-31(48(30)4)42-34(54-18-35-8-6-10-51(35)16-20(37)14-35)43-32(26)50-9-7-11-52-21(17-50)13-24(45-52)33(53)47(2)3/h12-13,15,20H,6-11,14,16-18H2,1-5H3,(H,41,44)/t20-,35+/m1/s1. The second kappa shape index (κ2) is 12.1. The van der Waals surface area contributed by atoms with E-state index in [9.17, 15) is 22.4 Å². The van der Waals surface area contributed by atoms with E-state index in [0.717, 1.165) is 25.1 Å². The minimum atomic E-state index is -4.68. The fourth-order valence-electron chi connectivity index (χ4n) is 9.01. The van der Waals surface area contributed by atoms with E-state index in [0.29, 0.717) is 83.5 Å². The number of rotatable bonds is 6. The van der Waals surface area contributed by atoms with Crippen molar-refractivity contribution in [1.29, 1.82) is 0 Å². The van der Waals surface area contributed by atoms with E-state index in [2.05, 4.69) is 25.1 Å². The van der Waals surface area contributed by atoms with Crippen LogP contribution in [0.25, 0.3) is 44.2 Å². The van der Waals surface area contributed by atoms with Crippen molar-refractivity contribution in [2.75, 3.05) is 45.2 Å². The first-order chi connectivity index (χ1) is 25.7. The maximum Gasteiger partial charge on any atom is 0.417 e. The normalized spacial score (nSPS) is 20.7. The van der Waals surface area contributed by atoms with Crippen LogP contribution in [0.15, 0.2) is 18.3 Å². The van der Waals surface area contributed by atoms with Crippen LogP contribution in [0.2, 0.25) is 0 Å². The van der Waals surface area contributed by atoms with E-state index < -0.39 is 23.5 Å². The predicted molar refractivity (Wildman–Crippen MR) is 192 cm³/mol. The smallest absolute Gasteiger partial charge is 0.417 e. The molecule has 1 N–H and O–H groups in total. The summed E-state index contributed by atoms with van der Waals surface area (Å²) < 4.78 is 71.0. The van der Waals surface area contributed by atoms with Crippen molar-refractivity contribution < 1.29 is 27.1 Å². The van der Waals surface area contributed by atoms with Gasteiger partial charge in [-0.25, -0.2) is 4.39 Å². The fraction of sp³-hybridized carbons (Fsp3) is 0.500. The molecule has 0 spiro atoms. The molecule has 18 heteroatoms. The van der Waals surface area contributed by atoms with E-state index in [-0.39, 0.29) is 35.3 Å². The second-order valence-electron chi connectivity index (χ2n) is 15.1. The number of aromatic nitrogens is 9. The average Bonchev–Trinajstić information content (AvgIpc) is 3.95. The Kier molecular flexibility index (Phi) is 7.75. The van der Waals surface area contributed by atoms with E-state index in [1.165, 1.54) is 24.1 Å². The molecule has 3 aliphatic heterocycles. The topological polar surface area (TPSA) is 131 Å². The number of nitrogens with zero attached hydrogens (tertiary/aromatic N) is 11. The van der Waals surface area contributed by atoms with Crippen LogP contribution in [0.3, 0.4) is 0 Å². The lowest BCUT2D eigenvalue weighted by Gasteiger charge is -2.31. The lowest BCUT2D eigenvalue weighted by molar-refractivity contribution is -0.137. The van der Waals surface area contributed by atoms with Crippen LogP contribution in [0, 0.1) is 6.92 Å². The van der Waals surface area contributed by atoms with Crippen molar-refractivity contribution >= 4 is 44.7 Å². The van der Waals surface area contributed by atoms with Crippen LogP contribution in [-0.4, -0.2) is 112 Å². The maximum atomic E-state index is 14.9. The fourth-order valence-corrected chi connectivity index (χ4v) is 9.01. The number of amides is 1. The summed E-state index contributed by atoms with van der Waals surface area (Å²) >= 11 is 0. The van der Waals surface area contributed by atoms with Gasteiger partial charge in [-0.05, 0) is 50.4 Å². The lowest BCUT2D eigenvalue weighted by atomic mass is 9.95. The molecule has 5 aromatic heterocycles. The Balaban J connectivity index is 1.25. The number of alkyl halides is 4. The summed E-state index contributed by atoms with van der Waals surface area (Å²) in [6.45, 7) is 4.28. The van der Waals surface area contributed by atoms with Gasteiger partial charge in [0.05, 0.1) is 51.5 Å². The summed E-state index contributed by atoms with van der Waals surface area (Å²) in [5, 5.41) is 17.2. The largest absolute Gasteiger partial charge is 0.461 e. The van der Waals surface area contributed by atoms with Gasteiger partial charge in [-0.15, -0.1) is 0 Å². The Bertz CT molecular complexity index is 2480. The van der Waals surface area contributed by atoms with E-state index in [4.69, 9.17) is 19.8 Å². The molecule has 0 radical (unpaired) electrons. The second-order valence-corrected chi connectivity index (χ2v) is 15.1. The third-order valence-electron chi connectivity index (χ3n) is 11.4. The minimum Gasteiger partial charge on any atom is -0.461 e. The molecule has 3 aliphatic rings. The molecule has 1 amide bonds. The number of hydrogen-bond donors (Lipinski definition) is 1. The molecule has 0 aliphatic carbocycles. The number of carbonyl (C=O) groups is 1. The molecule has 0 saturated carbocycles. The Morgan fingerprint density at radius 1 is 1.09 bits per heavy atom. The molecule has 0 unspecified atom stereocenters. The first-order valence-corrected chi connectivity index (χ1v) is 18.1. The predicted octanol–water partition coefficient (Wildman–Crippen LogP) is 4.99. The number of fused-ring (bicyclic) bond motifs is 6. The van der Waals surface area contributed by atoms with Crippen LogP contribution in [0.5, 0.6) is 6.01 Å². The number of ether oxygens (including phenoxy) is 1. The van der Waals surface area contributed by atoms with Crippen LogP contribution in [0.1, 0.15) is 53.0 Å². The van der Waals surface area contributed by atoms with Crippen molar-refractivity contribution in [1.82, 2.24) is 54.1 Å². The summed E-state index contributed by atoms with van der Waals surface area (Å²) in [5.41, 5.74) is 1.89. The molecule has 6 aromatic rings. The van der Waals surface area contributed by atoms with Crippen molar-refractivity contribution in [3.63, 3.8) is 0 Å². The van der Waals surface area contributed by atoms with Gasteiger partial charge in [-0.1, -0.05) is 0 Å². The van der Waals surface area contributed by atoms with Gasteiger partial charge in [0.25, 0.3) is 5.91 Å². The monoisotopic (exact) mass is 748 g/mol. The molecule has 54 heavy (non-hydrogen) atoms. The number of aryl methyl sites for hydroxylation is 4.